The third-order valence-electron chi connectivity index (χ3n) is 12.1. The third kappa shape index (κ3) is 29.5. The fourth-order valence-corrected chi connectivity index (χ4v) is 7.69. The quantitative estimate of drug-likeness (QED) is 0.0284. The molecule has 0 spiro atoms. The number of carbonyl (C=O) groups is 12. The Morgan fingerprint density at radius 3 is 0.896 bits per heavy atom. The Kier molecular flexibility index (Phi) is 34.9. The minimum Gasteiger partial charge on any atom is -0.481 e. The summed E-state index contributed by atoms with van der Waals surface area (Å²) < 4.78 is 0. The van der Waals surface area contributed by atoms with E-state index in [2.05, 4.69) is 42.5 Å². The lowest BCUT2D eigenvalue weighted by molar-refractivity contribution is -0.144. The van der Waals surface area contributed by atoms with E-state index in [0.29, 0.717) is 32.1 Å². The highest BCUT2D eigenvalue weighted by Crippen LogP contribution is 2.13. The van der Waals surface area contributed by atoms with Crippen LogP contribution in [0.3, 0.4) is 0 Å². The highest BCUT2D eigenvalue weighted by molar-refractivity contribution is 5.98. The molecule has 28 heteroatoms. The maximum absolute atomic E-state index is 14.2. The number of carboxylic acid groups (broad SMARTS) is 4. The summed E-state index contributed by atoms with van der Waals surface area (Å²) in [7, 11) is 0. The summed E-state index contributed by atoms with van der Waals surface area (Å²) in [6.07, 6.45) is -0.887. The lowest BCUT2D eigenvalue weighted by atomic mass is 9.98. The maximum Gasteiger partial charge on any atom is 0.326 e. The summed E-state index contributed by atoms with van der Waals surface area (Å²) >= 11 is 0. The van der Waals surface area contributed by atoms with Crippen LogP contribution in [0, 0.1) is 17.8 Å². The van der Waals surface area contributed by atoms with E-state index in [9.17, 15) is 72.9 Å². The Labute approximate surface area is 449 Å². The van der Waals surface area contributed by atoms with Gasteiger partial charge in [0.2, 0.25) is 47.3 Å². The molecule has 0 rings (SSSR count). The molecule has 0 aliphatic rings. The first-order valence-electron chi connectivity index (χ1n) is 26.3. The van der Waals surface area contributed by atoms with Crippen LogP contribution in [0.25, 0.3) is 0 Å². The van der Waals surface area contributed by atoms with Crippen LogP contribution in [0.4, 0.5) is 0 Å². The van der Waals surface area contributed by atoms with Gasteiger partial charge in [0.25, 0.3) is 0 Å². The molecule has 0 aromatic rings. The maximum atomic E-state index is 14.2. The van der Waals surface area contributed by atoms with E-state index < -0.39 is 176 Å². The van der Waals surface area contributed by atoms with Crippen LogP contribution >= 0.6 is 0 Å². The van der Waals surface area contributed by atoms with Crippen molar-refractivity contribution in [2.24, 2.45) is 40.7 Å². The first kappa shape index (κ1) is 70.5. The molecule has 9 atom stereocenters. The molecule has 0 saturated carbocycles. The fourth-order valence-electron chi connectivity index (χ4n) is 7.69. The Morgan fingerprint density at radius 1 is 0.351 bits per heavy atom. The summed E-state index contributed by atoms with van der Waals surface area (Å²) in [5.74, 6) is -14.0. The van der Waals surface area contributed by atoms with Crippen molar-refractivity contribution >= 4 is 71.1 Å². The zero-order valence-electron chi connectivity index (χ0n) is 45.4. The van der Waals surface area contributed by atoms with Crippen LogP contribution in [0.2, 0.25) is 0 Å². The number of nitrogens with one attached hydrogen (secondary N) is 8. The Bertz CT molecular complexity index is 1960. The molecule has 0 aromatic carbocycles. The number of carbonyl (C=O) groups excluding carboxylic acids is 8. The molecule has 0 saturated heterocycles. The number of unbranched alkanes of at least 4 members (excludes halogenated alkanes) is 3. The van der Waals surface area contributed by atoms with Crippen molar-refractivity contribution in [1.82, 2.24) is 42.5 Å². The molecule has 440 valence electrons. The second kappa shape index (κ2) is 38.1. The summed E-state index contributed by atoms with van der Waals surface area (Å²) in [4.78, 5) is 157. The predicted octanol–water partition coefficient (Wildman–Crippen LogP) is -2.38. The van der Waals surface area contributed by atoms with Gasteiger partial charge < -0.3 is 85.9 Å². The lowest BCUT2D eigenvalue weighted by Gasteiger charge is -2.30. The van der Waals surface area contributed by atoms with Gasteiger partial charge in [-0.3, -0.25) is 52.7 Å². The topological polar surface area (TPSA) is 486 Å². The van der Waals surface area contributed by atoms with E-state index >= 15 is 0 Å². The van der Waals surface area contributed by atoms with Crippen molar-refractivity contribution in [3.05, 3.63) is 0 Å². The zero-order valence-corrected chi connectivity index (χ0v) is 45.4. The van der Waals surface area contributed by atoms with E-state index in [4.69, 9.17) is 28.0 Å². The van der Waals surface area contributed by atoms with Crippen LogP contribution in [-0.2, 0) is 57.5 Å². The molecule has 28 nitrogen and oxygen atoms in total. The minimum atomic E-state index is -1.65. The number of carboxylic acids is 4. The van der Waals surface area contributed by atoms with Gasteiger partial charge in [-0.2, -0.15) is 0 Å². The van der Waals surface area contributed by atoms with Crippen molar-refractivity contribution in [2.45, 2.75) is 199 Å². The number of hydrogen-bond acceptors (Lipinski definition) is 16. The molecular weight excluding hydrogens is 1010 g/mol. The number of hydrogen-bond donors (Lipinski definition) is 16. The van der Waals surface area contributed by atoms with Gasteiger partial charge in [0, 0.05) is 19.3 Å². The average Bonchev–Trinajstić information content (AvgIpc) is 3.34. The van der Waals surface area contributed by atoms with E-state index in [1.165, 1.54) is 27.7 Å². The molecule has 20 N–H and O–H groups in total. The van der Waals surface area contributed by atoms with Crippen molar-refractivity contribution in [3.63, 3.8) is 0 Å². The molecule has 8 amide bonds. The van der Waals surface area contributed by atoms with Crippen molar-refractivity contribution in [1.29, 1.82) is 0 Å². The normalized spacial score (nSPS) is 14.8. The zero-order chi connectivity index (χ0) is 58.9. The molecule has 0 aromatic heterocycles. The second-order valence-corrected chi connectivity index (χ2v) is 20.1. The van der Waals surface area contributed by atoms with E-state index in [0.717, 1.165) is 0 Å². The summed E-state index contributed by atoms with van der Waals surface area (Å²) in [6.45, 7) is 10.5. The van der Waals surface area contributed by atoms with Gasteiger partial charge in [0.15, 0.2) is 0 Å². The van der Waals surface area contributed by atoms with Crippen molar-refractivity contribution < 1.29 is 78.0 Å². The van der Waals surface area contributed by atoms with Crippen LogP contribution in [0.1, 0.15) is 144 Å². The van der Waals surface area contributed by atoms with Gasteiger partial charge in [-0.15, -0.1) is 0 Å². The molecule has 0 heterocycles. The molecule has 0 bridgehead atoms. The Hall–Kier alpha value is -6.52. The molecule has 0 radical (unpaired) electrons. The van der Waals surface area contributed by atoms with Gasteiger partial charge in [-0.05, 0) is 121 Å². The van der Waals surface area contributed by atoms with E-state index in [1.807, 2.05) is 13.8 Å². The number of nitrogens with two attached hydrogens (primary N) is 4. The minimum absolute atomic E-state index is 0.0488. The smallest absolute Gasteiger partial charge is 0.326 e. The van der Waals surface area contributed by atoms with Gasteiger partial charge in [0.1, 0.15) is 48.3 Å². The lowest BCUT2D eigenvalue weighted by Crippen LogP contribution is -2.61. The van der Waals surface area contributed by atoms with E-state index in [1.54, 1.807) is 0 Å². The second-order valence-electron chi connectivity index (χ2n) is 20.1. The first-order valence-corrected chi connectivity index (χ1v) is 26.3. The van der Waals surface area contributed by atoms with Crippen LogP contribution < -0.4 is 65.5 Å². The monoisotopic (exact) mass is 1100 g/mol. The van der Waals surface area contributed by atoms with Gasteiger partial charge >= 0.3 is 23.9 Å². The molecular formula is C49H88N12O16. The highest BCUT2D eigenvalue weighted by Gasteiger charge is 2.36. The average molecular weight is 1100 g/mol. The van der Waals surface area contributed by atoms with Crippen LogP contribution in [0.15, 0.2) is 0 Å². The van der Waals surface area contributed by atoms with Crippen LogP contribution in [-0.4, -0.2) is 166 Å². The van der Waals surface area contributed by atoms with Gasteiger partial charge in [0.05, 0.1) is 6.04 Å². The molecule has 77 heavy (non-hydrogen) atoms. The van der Waals surface area contributed by atoms with E-state index in [-0.39, 0.29) is 57.7 Å². The van der Waals surface area contributed by atoms with Gasteiger partial charge in [-0.1, -0.05) is 41.5 Å². The molecule has 0 aliphatic heterocycles. The summed E-state index contributed by atoms with van der Waals surface area (Å²) in [6, 6.07) is -12.7. The van der Waals surface area contributed by atoms with Crippen LogP contribution in [0.5, 0.6) is 0 Å². The van der Waals surface area contributed by atoms with Crippen molar-refractivity contribution in [2.75, 3.05) is 19.6 Å². The summed E-state index contributed by atoms with van der Waals surface area (Å²) in [5.41, 5.74) is 23.2. The Balaban J connectivity index is 6.85. The first-order chi connectivity index (χ1) is 36.1. The molecule has 0 aliphatic carbocycles. The standard InChI is InChI=1S/C49H88N12O16/c1-26(2)25-29(53)41(68)54-30(13-7-10-22-50)42(69)57-33(16-19-36(62)63)45(72)56-31(14-8-11-23-51)43(70)55-32(15-9-12-24-52)44(71)58-34(17-20-37(64)65)46(73)60-40(28(5)6)48(75)61-39(27(3)4)47(74)59-35(49(76)77)18-21-38(66)67/h26-35,39-40H,7-25,50-53H2,1-6H3,(H,54,68)(H,55,70)(H,56,72)(H,57,69)(H,58,71)(H,59,74)(H,60,73)(H,61,75)(H,62,63)(H,64,65)(H,66,67)(H,76,77)/t29-,30-,31-,32-,33-,34-,35-,39-,40-/m0/s1. The third-order valence-corrected chi connectivity index (χ3v) is 12.1. The number of aliphatic carboxylic acids is 4. The van der Waals surface area contributed by atoms with Gasteiger partial charge in [-0.25, -0.2) is 4.79 Å². The molecule has 0 unspecified atom stereocenters. The largest absolute Gasteiger partial charge is 0.481 e. The highest BCUT2D eigenvalue weighted by atomic mass is 16.4. The number of rotatable bonds is 42. The predicted molar refractivity (Wildman–Crippen MR) is 280 cm³/mol. The Morgan fingerprint density at radius 2 is 0.610 bits per heavy atom. The SMILES string of the molecule is CC(C)C[C@H](N)C(=O)N[C@@H](CCCCN)C(=O)N[C@@H](CCC(=O)O)C(=O)N[C@@H](CCCCN)C(=O)N[C@@H](CCCCN)C(=O)N[C@@H](CCC(=O)O)C(=O)N[C@H](C(=O)N[C@H](C(=O)N[C@@H](CCC(=O)O)C(=O)O)C(C)C)C(C)C. The molecule has 0 fully saturated rings. The number of amides is 8. The fraction of sp³-hybridized carbons (Fsp3) is 0.755. The summed E-state index contributed by atoms with van der Waals surface area (Å²) in [5, 5.41) is 57.7. The van der Waals surface area contributed by atoms with Crippen molar-refractivity contribution in [3.8, 4) is 0 Å².